The van der Waals surface area contributed by atoms with Crippen molar-refractivity contribution in [1.82, 2.24) is 9.97 Å². The van der Waals surface area contributed by atoms with Gasteiger partial charge in [-0.25, -0.2) is 4.98 Å². The van der Waals surface area contributed by atoms with E-state index in [1.54, 1.807) is 13.8 Å². The van der Waals surface area contributed by atoms with Gasteiger partial charge in [-0.05, 0) is 13.8 Å². The number of carboxylic acid groups (broad SMARTS) is 1. The molecule has 2 N–H and O–H groups in total. The normalized spacial score (nSPS) is 14.3. The van der Waals surface area contributed by atoms with Crippen molar-refractivity contribution < 1.29 is 9.90 Å². The Balaban J connectivity index is 2.66. The molecule has 0 spiro atoms. The number of aromatic nitrogens is 2. The number of hydrogen-bond donors (Lipinski definition) is 2. The van der Waals surface area contributed by atoms with E-state index in [0.29, 0.717) is 5.82 Å². The van der Waals surface area contributed by atoms with Gasteiger partial charge < -0.3 is 10.4 Å². The van der Waals surface area contributed by atoms with E-state index < -0.39 is 11.9 Å². The molecule has 0 aliphatic carbocycles. The molecule has 0 amide bonds. The van der Waals surface area contributed by atoms with Gasteiger partial charge >= 0.3 is 5.97 Å². The van der Waals surface area contributed by atoms with Crippen LogP contribution in [0.5, 0.6) is 0 Å². The zero-order valence-corrected chi connectivity index (χ0v) is 9.19. The van der Waals surface area contributed by atoms with Crippen LogP contribution in [0.1, 0.15) is 13.8 Å². The molecule has 5 nitrogen and oxygen atoms in total. The number of nitrogens with one attached hydrogen (secondary N) is 1. The minimum Gasteiger partial charge on any atom is -0.481 e. The van der Waals surface area contributed by atoms with Crippen LogP contribution in [0.4, 0.5) is 5.82 Å². The predicted octanol–water partition coefficient (Wildman–Crippen LogP) is 1.65. The first-order chi connectivity index (χ1) is 7.00. The first-order valence-electron chi connectivity index (χ1n) is 4.47. The van der Waals surface area contributed by atoms with Gasteiger partial charge in [0.25, 0.3) is 0 Å². The molecule has 1 heterocycles. The molecule has 1 aromatic rings. The SMILES string of the molecule is CC(Nc1cncc(Cl)n1)C(C)C(=O)O. The number of aliphatic carboxylic acids is 1. The van der Waals surface area contributed by atoms with E-state index in [1.165, 1.54) is 12.4 Å². The minimum absolute atomic E-state index is 0.240. The molecule has 15 heavy (non-hydrogen) atoms. The first kappa shape index (κ1) is 11.7. The average Bonchev–Trinajstić information content (AvgIpc) is 2.16. The summed E-state index contributed by atoms with van der Waals surface area (Å²) in [5.74, 6) is -0.890. The molecule has 0 bridgehead atoms. The first-order valence-corrected chi connectivity index (χ1v) is 4.85. The van der Waals surface area contributed by atoms with Crippen LogP contribution in [0.2, 0.25) is 5.15 Å². The lowest BCUT2D eigenvalue weighted by atomic mass is 10.0. The molecule has 0 aliphatic heterocycles. The second-order valence-corrected chi connectivity index (χ2v) is 3.67. The Labute approximate surface area is 92.5 Å². The fourth-order valence-electron chi connectivity index (χ4n) is 0.984. The van der Waals surface area contributed by atoms with Crippen molar-refractivity contribution in [2.75, 3.05) is 5.32 Å². The summed E-state index contributed by atoms with van der Waals surface area (Å²) < 4.78 is 0. The van der Waals surface area contributed by atoms with Crippen LogP contribution in [0, 0.1) is 5.92 Å². The lowest BCUT2D eigenvalue weighted by Gasteiger charge is -2.17. The molecule has 2 atom stereocenters. The van der Waals surface area contributed by atoms with Gasteiger partial charge in [0.1, 0.15) is 11.0 Å². The van der Waals surface area contributed by atoms with E-state index in [4.69, 9.17) is 16.7 Å². The van der Waals surface area contributed by atoms with Gasteiger partial charge in [-0.1, -0.05) is 11.6 Å². The highest BCUT2D eigenvalue weighted by molar-refractivity contribution is 6.29. The summed E-state index contributed by atoms with van der Waals surface area (Å²) in [5, 5.41) is 12.0. The Bertz CT molecular complexity index is 359. The fraction of sp³-hybridized carbons (Fsp3) is 0.444. The zero-order chi connectivity index (χ0) is 11.4. The third kappa shape index (κ3) is 3.36. The number of carboxylic acids is 1. The average molecular weight is 230 g/mol. The van der Waals surface area contributed by atoms with Crippen LogP contribution in [0.3, 0.4) is 0 Å². The second-order valence-electron chi connectivity index (χ2n) is 3.29. The van der Waals surface area contributed by atoms with Crippen LogP contribution in [-0.2, 0) is 4.79 Å². The van der Waals surface area contributed by atoms with Gasteiger partial charge in [0, 0.05) is 6.04 Å². The van der Waals surface area contributed by atoms with Crippen molar-refractivity contribution in [3.8, 4) is 0 Å². The Hall–Kier alpha value is -1.36. The predicted molar refractivity (Wildman–Crippen MR) is 56.9 cm³/mol. The largest absolute Gasteiger partial charge is 0.481 e. The lowest BCUT2D eigenvalue weighted by Crippen LogP contribution is -2.30. The van der Waals surface area contributed by atoms with Crippen molar-refractivity contribution in [2.45, 2.75) is 19.9 Å². The van der Waals surface area contributed by atoms with Crippen LogP contribution >= 0.6 is 11.6 Å². The summed E-state index contributed by atoms with van der Waals surface area (Å²) in [6.45, 7) is 3.39. The number of halogens is 1. The highest BCUT2D eigenvalue weighted by Gasteiger charge is 2.19. The molecule has 0 radical (unpaired) electrons. The second kappa shape index (κ2) is 4.93. The third-order valence-corrected chi connectivity index (χ3v) is 2.30. The lowest BCUT2D eigenvalue weighted by molar-refractivity contribution is -0.141. The maximum Gasteiger partial charge on any atom is 0.308 e. The molecule has 0 saturated heterocycles. The molecular formula is C9H12ClN3O2. The topological polar surface area (TPSA) is 75.1 Å². The smallest absolute Gasteiger partial charge is 0.308 e. The Morgan fingerprint density at radius 2 is 2.20 bits per heavy atom. The van der Waals surface area contributed by atoms with Crippen LogP contribution in [-0.4, -0.2) is 27.1 Å². The number of carbonyl (C=O) groups is 1. The summed E-state index contributed by atoms with van der Waals surface area (Å²) in [7, 11) is 0. The molecule has 0 saturated carbocycles. The fourth-order valence-corrected chi connectivity index (χ4v) is 1.13. The van der Waals surface area contributed by atoms with Gasteiger partial charge in [-0.3, -0.25) is 9.78 Å². The molecule has 6 heteroatoms. The quantitative estimate of drug-likeness (QED) is 0.821. The molecular weight excluding hydrogens is 218 g/mol. The Kier molecular flexibility index (Phi) is 3.85. The van der Waals surface area contributed by atoms with E-state index in [0.717, 1.165) is 0 Å². The van der Waals surface area contributed by atoms with Crippen molar-refractivity contribution >= 4 is 23.4 Å². The molecule has 1 rings (SSSR count). The van der Waals surface area contributed by atoms with Crippen LogP contribution in [0.15, 0.2) is 12.4 Å². The summed E-state index contributed by atoms with van der Waals surface area (Å²) in [6.07, 6.45) is 2.91. The van der Waals surface area contributed by atoms with E-state index in [2.05, 4.69) is 15.3 Å². The van der Waals surface area contributed by atoms with Gasteiger partial charge in [0.2, 0.25) is 0 Å². The maximum atomic E-state index is 10.7. The van der Waals surface area contributed by atoms with Crippen molar-refractivity contribution in [3.05, 3.63) is 17.5 Å². The van der Waals surface area contributed by atoms with Gasteiger partial charge in [-0.2, -0.15) is 0 Å². The maximum absolute atomic E-state index is 10.7. The molecule has 0 fully saturated rings. The highest BCUT2D eigenvalue weighted by atomic mass is 35.5. The molecule has 82 valence electrons. The number of nitrogens with zero attached hydrogens (tertiary/aromatic N) is 2. The Morgan fingerprint density at radius 3 is 2.73 bits per heavy atom. The molecule has 1 aromatic heterocycles. The zero-order valence-electron chi connectivity index (χ0n) is 8.44. The number of rotatable bonds is 4. The summed E-state index contributed by atoms with van der Waals surface area (Å²) >= 11 is 5.64. The number of anilines is 1. The number of hydrogen-bond acceptors (Lipinski definition) is 4. The molecule has 2 unspecified atom stereocenters. The van der Waals surface area contributed by atoms with E-state index in [1.807, 2.05) is 0 Å². The summed E-state index contributed by atoms with van der Waals surface area (Å²) in [6, 6.07) is -0.240. The van der Waals surface area contributed by atoms with E-state index >= 15 is 0 Å². The monoisotopic (exact) mass is 229 g/mol. The van der Waals surface area contributed by atoms with Crippen LogP contribution in [0.25, 0.3) is 0 Å². The van der Waals surface area contributed by atoms with Crippen molar-refractivity contribution in [1.29, 1.82) is 0 Å². The van der Waals surface area contributed by atoms with E-state index in [-0.39, 0.29) is 11.2 Å². The van der Waals surface area contributed by atoms with Gasteiger partial charge in [0.15, 0.2) is 0 Å². The third-order valence-electron chi connectivity index (χ3n) is 2.12. The van der Waals surface area contributed by atoms with Gasteiger partial charge in [-0.15, -0.1) is 0 Å². The van der Waals surface area contributed by atoms with E-state index in [9.17, 15) is 4.79 Å². The minimum atomic E-state index is -0.856. The highest BCUT2D eigenvalue weighted by Crippen LogP contribution is 2.11. The van der Waals surface area contributed by atoms with Crippen molar-refractivity contribution in [3.63, 3.8) is 0 Å². The summed E-state index contributed by atoms with van der Waals surface area (Å²) in [5.41, 5.74) is 0. The van der Waals surface area contributed by atoms with Crippen molar-refractivity contribution in [2.24, 2.45) is 5.92 Å². The summed E-state index contributed by atoms with van der Waals surface area (Å²) in [4.78, 5) is 18.5. The standard InChI is InChI=1S/C9H12ClN3O2/c1-5(9(14)15)6(2)12-8-4-11-3-7(10)13-8/h3-6H,1-2H3,(H,12,13)(H,14,15). The van der Waals surface area contributed by atoms with Gasteiger partial charge in [0.05, 0.1) is 18.3 Å². The Morgan fingerprint density at radius 1 is 1.53 bits per heavy atom. The van der Waals surface area contributed by atoms with Crippen LogP contribution < -0.4 is 5.32 Å². The molecule has 0 aliphatic rings. The molecule has 0 aromatic carbocycles.